The van der Waals surface area contributed by atoms with Crippen LogP contribution in [0.1, 0.15) is 32.1 Å². The molecule has 2 rings (SSSR count). The third-order valence-electron chi connectivity index (χ3n) is 4.24. The molecule has 0 bridgehead atoms. The molecule has 2 atom stereocenters. The van der Waals surface area contributed by atoms with Crippen LogP contribution in [-0.2, 0) is 4.79 Å². The monoisotopic (exact) mass is 251 g/mol. The van der Waals surface area contributed by atoms with Crippen LogP contribution in [0.4, 0.5) is 0 Å². The Labute approximate surface area is 108 Å². The van der Waals surface area contributed by atoms with Crippen LogP contribution in [-0.4, -0.2) is 47.7 Å². The smallest absolute Gasteiger partial charge is 0.235 e. The first kappa shape index (κ1) is 13.3. The molecule has 1 saturated heterocycles. The lowest BCUT2D eigenvalue weighted by atomic mass is 9.71. The number of piperidine rings is 1. The molecule has 2 unspecified atom stereocenters. The fourth-order valence-electron chi connectivity index (χ4n) is 3.18. The van der Waals surface area contributed by atoms with Crippen molar-refractivity contribution in [2.24, 2.45) is 5.92 Å². The van der Waals surface area contributed by atoms with Crippen LogP contribution >= 0.6 is 0 Å². The van der Waals surface area contributed by atoms with Gasteiger partial charge in [0.15, 0.2) is 0 Å². The number of hydrogen-bond donors (Lipinski definition) is 2. The van der Waals surface area contributed by atoms with E-state index in [-0.39, 0.29) is 12.5 Å². The van der Waals surface area contributed by atoms with Crippen molar-refractivity contribution in [3.05, 3.63) is 0 Å². The number of nitrogens with one attached hydrogen (secondary N) is 1. The van der Waals surface area contributed by atoms with E-state index in [2.05, 4.69) is 10.2 Å². The zero-order valence-corrected chi connectivity index (χ0v) is 10.7. The molecule has 5 nitrogen and oxygen atoms in total. The van der Waals surface area contributed by atoms with Gasteiger partial charge in [0.2, 0.25) is 5.91 Å². The molecule has 1 aliphatic carbocycles. The maximum Gasteiger partial charge on any atom is 0.235 e. The van der Waals surface area contributed by atoms with E-state index in [4.69, 9.17) is 5.26 Å². The van der Waals surface area contributed by atoms with E-state index in [0.717, 1.165) is 38.8 Å². The largest absolute Gasteiger partial charge is 0.390 e. The first-order valence-corrected chi connectivity index (χ1v) is 6.72. The van der Waals surface area contributed by atoms with Crippen molar-refractivity contribution in [1.29, 1.82) is 5.26 Å². The van der Waals surface area contributed by atoms with Crippen molar-refractivity contribution < 1.29 is 9.90 Å². The van der Waals surface area contributed by atoms with E-state index in [1.165, 1.54) is 6.42 Å². The minimum absolute atomic E-state index is 0.0695. The SMILES string of the molecule is N#CCNC(=O)CN1CCC2(O)CCCCC2C1. The molecule has 2 fully saturated rings. The number of nitriles is 1. The van der Waals surface area contributed by atoms with Gasteiger partial charge in [-0.25, -0.2) is 0 Å². The highest BCUT2D eigenvalue weighted by molar-refractivity contribution is 5.78. The van der Waals surface area contributed by atoms with E-state index in [0.29, 0.717) is 12.5 Å². The van der Waals surface area contributed by atoms with Crippen molar-refractivity contribution >= 4 is 5.91 Å². The van der Waals surface area contributed by atoms with Crippen molar-refractivity contribution in [1.82, 2.24) is 10.2 Å². The van der Waals surface area contributed by atoms with Gasteiger partial charge in [0.05, 0.1) is 18.2 Å². The predicted octanol–water partition coefficient (Wildman–Crippen LogP) is 0.253. The van der Waals surface area contributed by atoms with Gasteiger partial charge in [-0.1, -0.05) is 12.8 Å². The molecule has 0 aromatic rings. The number of fused-ring (bicyclic) bond motifs is 1. The normalized spacial score (nSPS) is 32.3. The van der Waals surface area contributed by atoms with E-state index >= 15 is 0 Å². The minimum atomic E-state index is -0.488. The Kier molecular flexibility index (Phi) is 4.20. The van der Waals surface area contributed by atoms with Crippen LogP contribution < -0.4 is 5.32 Å². The molecule has 18 heavy (non-hydrogen) atoms. The Morgan fingerprint density at radius 3 is 3.11 bits per heavy atom. The fourth-order valence-corrected chi connectivity index (χ4v) is 3.18. The van der Waals surface area contributed by atoms with Gasteiger partial charge < -0.3 is 10.4 Å². The van der Waals surface area contributed by atoms with Crippen molar-refractivity contribution in [2.45, 2.75) is 37.7 Å². The van der Waals surface area contributed by atoms with E-state index in [1.54, 1.807) is 0 Å². The molecule has 0 aromatic heterocycles. The van der Waals surface area contributed by atoms with Gasteiger partial charge in [-0.3, -0.25) is 9.69 Å². The zero-order chi connectivity index (χ0) is 13.0. The third kappa shape index (κ3) is 3.01. The number of aliphatic hydroxyl groups is 1. The number of amides is 1. The number of hydrogen-bond acceptors (Lipinski definition) is 4. The summed E-state index contributed by atoms with van der Waals surface area (Å²) < 4.78 is 0. The molecule has 1 heterocycles. The summed E-state index contributed by atoms with van der Waals surface area (Å²) in [6.07, 6.45) is 5.04. The Morgan fingerprint density at radius 1 is 1.50 bits per heavy atom. The van der Waals surface area contributed by atoms with Crippen molar-refractivity contribution in [3.63, 3.8) is 0 Å². The second-order valence-corrected chi connectivity index (χ2v) is 5.47. The maximum atomic E-state index is 11.5. The maximum absolute atomic E-state index is 11.5. The molecule has 100 valence electrons. The Balaban J connectivity index is 1.83. The highest BCUT2D eigenvalue weighted by Gasteiger charge is 2.42. The topological polar surface area (TPSA) is 76.4 Å². The standard InChI is InChI=1S/C13H21N3O2/c14-6-7-15-12(17)10-16-8-5-13(18)4-2-1-3-11(13)9-16/h11,18H,1-5,7-10H2,(H,15,17). The average molecular weight is 251 g/mol. The van der Waals surface area contributed by atoms with E-state index in [9.17, 15) is 9.90 Å². The Hall–Kier alpha value is -1.12. The number of rotatable bonds is 3. The summed E-state index contributed by atoms with van der Waals surface area (Å²) in [5.74, 6) is 0.210. The quantitative estimate of drug-likeness (QED) is 0.705. The summed E-state index contributed by atoms with van der Waals surface area (Å²) in [5.41, 5.74) is -0.488. The predicted molar refractivity (Wildman–Crippen MR) is 66.6 cm³/mol. The lowest BCUT2D eigenvalue weighted by Gasteiger charge is -2.47. The lowest BCUT2D eigenvalue weighted by Crippen LogP contribution is -2.54. The summed E-state index contributed by atoms with van der Waals surface area (Å²) >= 11 is 0. The second-order valence-electron chi connectivity index (χ2n) is 5.47. The molecule has 1 amide bonds. The van der Waals surface area contributed by atoms with Gasteiger partial charge in [0, 0.05) is 19.0 Å². The molecule has 0 radical (unpaired) electrons. The van der Waals surface area contributed by atoms with Gasteiger partial charge in [0.1, 0.15) is 6.54 Å². The molecular weight excluding hydrogens is 230 g/mol. The lowest BCUT2D eigenvalue weighted by molar-refractivity contribution is -0.127. The van der Waals surface area contributed by atoms with Crippen LogP contribution in [0.2, 0.25) is 0 Å². The van der Waals surface area contributed by atoms with Crippen LogP contribution in [0.5, 0.6) is 0 Å². The van der Waals surface area contributed by atoms with Crippen LogP contribution in [0.25, 0.3) is 0 Å². The molecule has 2 N–H and O–H groups in total. The highest BCUT2D eigenvalue weighted by atomic mass is 16.3. The number of likely N-dealkylation sites (tertiary alicyclic amines) is 1. The highest BCUT2D eigenvalue weighted by Crippen LogP contribution is 2.39. The third-order valence-corrected chi connectivity index (χ3v) is 4.24. The molecule has 1 saturated carbocycles. The average Bonchev–Trinajstić information content (AvgIpc) is 2.36. The summed E-state index contributed by atoms with van der Waals surface area (Å²) in [6, 6.07) is 1.90. The van der Waals surface area contributed by atoms with Crippen LogP contribution in [0.3, 0.4) is 0 Å². The summed E-state index contributed by atoms with van der Waals surface area (Å²) in [4.78, 5) is 13.6. The van der Waals surface area contributed by atoms with Crippen molar-refractivity contribution in [3.8, 4) is 6.07 Å². The molecule has 5 heteroatoms. The molecule has 0 spiro atoms. The van der Waals surface area contributed by atoms with Gasteiger partial charge in [0.25, 0.3) is 0 Å². The first-order valence-electron chi connectivity index (χ1n) is 6.72. The first-order chi connectivity index (χ1) is 8.64. The summed E-state index contributed by atoms with van der Waals surface area (Å²) in [6.45, 7) is 1.98. The number of nitrogens with zero attached hydrogens (tertiary/aromatic N) is 2. The van der Waals surface area contributed by atoms with Gasteiger partial charge in [-0.05, 0) is 19.3 Å². The van der Waals surface area contributed by atoms with E-state index < -0.39 is 5.60 Å². The summed E-state index contributed by atoms with van der Waals surface area (Å²) in [7, 11) is 0. The number of carbonyl (C=O) groups is 1. The minimum Gasteiger partial charge on any atom is -0.390 e. The Morgan fingerprint density at radius 2 is 2.33 bits per heavy atom. The zero-order valence-electron chi connectivity index (χ0n) is 10.7. The fraction of sp³-hybridized carbons (Fsp3) is 0.846. The summed E-state index contributed by atoms with van der Waals surface area (Å²) in [5, 5.41) is 21.5. The van der Waals surface area contributed by atoms with Gasteiger partial charge in [-0.15, -0.1) is 0 Å². The van der Waals surface area contributed by atoms with Gasteiger partial charge in [-0.2, -0.15) is 5.26 Å². The van der Waals surface area contributed by atoms with E-state index in [1.807, 2.05) is 6.07 Å². The molecule has 1 aliphatic heterocycles. The molecule has 0 aromatic carbocycles. The van der Waals surface area contributed by atoms with Gasteiger partial charge >= 0.3 is 0 Å². The molecule has 2 aliphatic rings. The second kappa shape index (κ2) is 5.68. The Bertz CT molecular complexity index is 353. The van der Waals surface area contributed by atoms with Crippen LogP contribution in [0.15, 0.2) is 0 Å². The molecular formula is C13H21N3O2. The van der Waals surface area contributed by atoms with Crippen LogP contribution in [0, 0.1) is 17.2 Å². The van der Waals surface area contributed by atoms with Crippen molar-refractivity contribution in [2.75, 3.05) is 26.2 Å². The number of carbonyl (C=O) groups excluding carboxylic acids is 1.